The Hall–Kier alpha value is -1.01. The SMILES string of the molecule is CCOC1CC(N)(C(=O)Nc2cccc(N3CCCC3)c2)C1(C)C.Cl.Cl. The Morgan fingerprint density at radius 1 is 1.31 bits per heavy atom. The van der Waals surface area contributed by atoms with Crippen molar-refractivity contribution in [3.8, 4) is 0 Å². The fourth-order valence-electron chi connectivity index (χ4n) is 3.82. The second-order valence-electron chi connectivity index (χ2n) is 7.54. The molecule has 5 nitrogen and oxygen atoms in total. The lowest BCUT2D eigenvalue weighted by Gasteiger charge is -2.57. The Morgan fingerprint density at radius 3 is 2.54 bits per heavy atom. The molecule has 7 heteroatoms. The van der Waals surface area contributed by atoms with Crippen LogP contribution in [0.4, 0.5) is 11.4 Å². The van der Waals surface area contributed by atoms with E-state index >= 15 is 0 Å². The summed E-state index contributed by atoms with van der Waals surface area (Å²) in [5, 5.41) is 3.02. The Kier molecular flexibility index (Phi) is 7.78. The topological polar surface area (TPSA) is 67.6 Å². The molecule has 26 heavy (non-hydrogen) atoms. The first-order chi connectivity index (χ1) is 11.4. The first-order valence-corrected chi connectivity index (χ1v) is 8.95. The number of nitrogens with two attached hydrogens (primary N) is 1. The van der Waals surface area contributed by atoms with Crippen molar-refractivity contribution in [1.82, 2.24) is 0 Å². The second kappa shape index (κ2) is 8.79. The van der Waals surface area contributed by atoms with E-state index in [0.717, 1.165) is 24.5 Å². The standard InChI is InChI=1S/C19H29N3O2.2ClH/c1-4-24-16-13-19(20,18(16,2)3)17(23)21-14-8-7-9-15(12-14)22-10-5-6-11-22;;/h7-9,12,16H,4-6,10-11,13,20H2,1-3H3,(H,21,23);2*1H. The van der Waals surface area contributed by atoms with Gasteiger partial charge in [-0.25, -0.2) is 0 Å². The molecule has 2 atom stereocenters. The molecule has 1 aromatic carbocycles. The van der Waals surface area contributed by atoms with Crippen LogP contribution < -0.4 is 16.0 Å². The van der Waals surface area contributed by atoms with Crippen LogP contribution in [-0.2, 0) is 9.53 Å². The molecule has 2 aliphatic rings. The predicted octanol–water partition coefficient (Wildman–Crippen LogP) is 3.60. The summed E-state index contributed by atoms with van der Waals surface area (Å²) in [4.78, 5) is 15.2. The molecule has 0 aromatic heterocycles. The predicted molar refractivity (Wildman–Crippen MR) is 112 cm³/mol. The van der Waals surface area contributed by atoms with Crippen molar-refractivity contribution >= 4 is 42.1 Å². The number of benzene rings is 1. The zero-order valence-corrected chi connectivity index (χ0v) is 17.4. The van der Waals surface area contributed by atoms with Gasteiger partial charge in [-0.05, 0) is 38.0 Å². The molecule has 1 aliphatic heterocycles. The number of carbonyl (C=O) groups is 1. The van der Waals surface area contributed by atoms with Crippen LogP contribution in [0.3, 0.4) is 0 Å². The third kappa shape index (κ3) is 3.96. The Bertz CT molecular complexity index is 621. The minimum atomic E-state index is -0.892. The van der Waals surface area contributed by atoms with E-state index < -0.39 is 5.54 Å². The van der Waals surface area contributed by atoms with Crippen molar-refractivity contribution in [1.29, 1.82) is 0 Å². The normalized spacial score (nSPS) is 26.3. The summed E-state index contributed by atoms with van der Waals surface area (Å²) in [6.07, 6.45) is 3.06. The summed E-state index contributed by atoms with van der Waals surface area (Å²) in [5.74, 6) is -0.123. The van der Waals surface area contributed by atoms with Gasteiger partial charge >= 0.3 is 0 Å². The maximum Gasteiger partial charge on any atom is 0.245 e. The van der Waals surface area contributed by atoms with Crippen molar-refractivity contribution in [3.05, 3.63) is 24.3 Å². The number of hydrogen-bond acceptors (Lipinski definition) is 4. The molecule has 2 fully saturated rings. The van der Waals surface area contributed by atoms with Crippen LogP contribution in [0.2, 0.25) is 0 Å². The zero-order chi connectivity index (χ0) is 17.4. The van der Waals surface area contributed by atoms with Gasteiger partial charge < -0.3 is 20.7 Å². The molecular weight excluding hydrogens is 373 g/mol. The number of amides is 1. The van der Waals surface area contributed by atoms with Crippen molar-refractivity contribution in [2.24, 2.45) is 11.1 Å². The Balaban J connectivity index is 0.00000169. The molecule has 3 rings (SSSR count). The van der Waals surface area contributed by atoms with Gasteiger partial charge in [0.2, 0.25) is 5.91 Å². The van der Waals surface area contributed by atoms with E-state index in [1.54, 1.807) is 0 Å². The van der Waals surface area contributed by atoms with Crippen molar-refractivity contribution < 1.29 is 9.53 Å². The molecule has 1 aromatic rings. The third-order valence-electron chi connectivity index (χ3n) is 5.81. The highest BCUT2D eigenvalue weighted by molar-refractivity contribution is 6.00. The van der Waals surface area contributed by atoms with E-state index in [0.29, 0.717) is 13.0 Å². The van der Waals surface area contributed by atoms with Gasteiger partial charge in [-0.15, -0.1) is 24.8 Å². The minimum Gasteiger partial charge on any atom is -0.378 e. The van der Waals surface area contributed by atoms with Gasteiger partial charge in [-0.2, -0.15) is 0 Å². The molecular formula is C19H31Cl2N3O2. The Labute approximate surface area is 168 Å². The second-order valence-corrected chi connectivity index (χ2v) is 7.54. The fourth-order valence-corrected chi connectivity index (χ4v) is 3.82. The average Bonchev–Trinajstić information content (AvgIpc) is 3.09. The summed E-state index contributed by atoms with van der Waals surface area (Å²) in [7, 11) is 0. The van der Waals surface area contributed by atoms with Crippen LogP contribution in [0.25, 0.3) is 0 Å². The molecule has 3 N–H and O–H groups in total. The first kappa shape index (κ1) is 23.0. The molecule has 0 spiro atoms. The third-order valence-corrected chi connectivity index (χ3v) is 5.81. The van der Waals surface area contributed by atoms with Crippen LogP contribution in [-0.4, -0.2) is 37.2 Å². The van der Waals surface area contributed by atoms with Gasteiger partial charge in [0.15, 0.2) is 0 Å². The maximum atomic E-state index is 12.8. The highest BCUT2D eigenvalue weighted by Crippen LogP contribution is 2.50. The van der Waals surface area contributed by atoms with Gasteiger partial charge in [-0.1, -0.05) is 19.9 Å². The van der Waals surface area contributed by atoms with Crippen LogP contribution >= 0.6 is 24.8 Å². The summed E-state index contributed by atoms with van der Waals surface area (Å²) in [6, 6.07) is 8.05. The van der Waals surface area contributed by atoms with E-state index in [1.807, 2.05) is 39.0 Å². The minimum absolute atomic E-state index is 0. The van der Waals surface area contributed by atoms with Crippen LogP contribution in [0.1, 0.15) is 40.0 Å². The molecule has 1 aliphatic carbocycles. The van der Waals surface area contributed by atoms with E-state index in [9.17, 15) is 4.79 Å². The van der Waals surface area contributed by atoms with E-state index in [4.69, 9.17) is 10.5 Å². The van der Waals surface area contributed by atoms with Gasteiger partial charge in [-0.3, -0.25) is 4.79 Å². The summed E-state index contributed by atoms with van der Waals surface area (Å²) in [6.45, 7) is 8.80. The number of ether oxygens (including phenoxy) is 1. The van der Waals surface area contributed by atoms with E-state index in [-0.39, 0.29) is 42.2 Å². The highest BCUT2D eigenvalue weighted by Gasteiger charge is 2.62. The van der Waals surface area contributed by atoms with Crippen molar-refractivity contribution in [2.75, 3.05) is 29.9 Å². The molecule has 1 heterocycles. The van der Waals surface area contributed by atoms with E-state index in [2.05, 4.69) is 16.3 Å². The summed E-state index contributed by atoms with van der Waals surface area (Å²) in [5.41, 5.74) is 7.16. The highest BCUT2D eigenvalue weighted by atomic mass is 35.5. The maximum absolute atomic E-state index is 12.8. The molecule has 148 valence electrons. The van der Waals surface area contributed by atoms with Crippen LogP contribution in [0.15, 0.2) is 24.3 Å². The van der Waals surface area contributed by atoms with Crippen molar-refractivity contribution in [3.63, 3.8) is 0 Å². The van der Waals surface area contributed by atoms with Crippen LogP contribution in [0.5, 0.6) is 0 Å². The number of halogens is 2. The monoisotopic (exact) mass is 403 g/mol. The molecule has 0 radical (unpaired) electrons. The van der Waals surface area contributed by atoms with Gasteiger partial charge in [0.25, 0.3) is 0 Å². The van der Waals surface area contributed by atoms with Gasteiger partial charge in [0, 0.05) is 42.9 Å². The largest absolute Gasteiger partial charge is 0.378 e. The lowest BCUT2D eigenvalue weighted by molar-refractivity contribution is -0.166. The lowest BCUT2D eigenvalue weighted by atomic mass is 9.54. The number of hydrogen-bond donors (Lipinski definition) is 2. The number of anilines is 2. The molecule has 2 unspecified atom stereocenters. The molecule has 0 bridgehead atoms. The van der Waals surface area contributed by atoms with Crippen molar-refractivity contribution in [2.45, 2.75) is 51.7 Å². The quantitative estimate of drug-likeness (QED) is 0.787. The summed E-state index contributed by atoms with van der Waals surface area (Å²) < 4.78 is 5.71. The number of carbonyl (C=O) groups excluding carboxylic acids is 1. The molecule has 1 amide bonds. The van der Waals surface area contributed by atoms with E-state index in [1.165, 1.54) is 12.8 Å². The van der Waals surface area contributed by atoms with Crippen LogP contribution in [0, 0.1) is 5.41 Å². The number of rotatable bonds is 5. The molecule has 1 saturated carbocycles. The number of nitrogens with one attached hydrogen (secondary N) is 1. The summed E-state index contributed by atoms with van der Waals surface area (Å²) >= 11 is 0. The Morgan fingerprint density at radius 2 is 1.96 bits per heavy atom. The zero-order valence-electron chi connectivity index (χ0n) is 15.8. The van der Waals surface area contributed by atoms with Gasteiger partial charge in [0.1, 0.15) is 5.54 Å². The first-order valence-electron chi connectivity index (χ1n) is 8.95. The average molecular weight is 404 g/mol. The number of nitrogens with zero attached hydrogens (tertiary/aromatic N) is 1. The lowest BCUT2D eigenvalue weighted by Crippen LogP contribution is -2.74. The molecule has 1 saturated heterocycles. The van der Waals surface area contributed by atoms with Gasteiger partial charge in [0.05, 0.1) is 6.10 Å². The fraction of sp³-hybridized carbons (Fsp3) is 0.632. The smallest absolute Gasteiger partial charge is 0.245 e.